The number of aliphatic hydroxyl groups is 1. The van der Waals surface area contributed by atoms with Crippen molar-refractivity contribution in [2.45, 2.75) is 354 Å². The molecular weight excluding hydrogens is 1400 g/mol. The van der Waals surface area contributed by atoms with Crippen LogP contribution in [-0.2, 0) is 65.4 Å². The van der Waals surface area contributed by atoms with Gasteiger partial charge in [-0.05, 0) is 154 Å². The number of aliphatic hydroxyl groups excluding tert-OH is 1. The molecule has 0 heterocycles. The van der Waals surface area contributed by atoms with Crippen molar-refractivity contribution in [3.05, 3.63) is 146 Å². The molecule has 0 aliphatic carbocycles. The number of carbonyl (C=O) groups excluding carboxylic acids is 4. The summed E-state index contributed by atoms with van der Waals surface area (Å²) in [6.07, 6.45) is 92.8. The summed E-state index contributed by atoms with van der Waals surface area (Å²) in [5.74, 6) is -2.39. The molecule has 17 nitrogen and oxygen atoms in total. The molecule has 0 aromatic heterocycles. The number of ether oxygens (including phenoxy) is 4. The van der Waals surface area contributed by atoms with Crippen LogP contribution in [0.5, 0.6) is 0 Å². The highest BCUT2D eigenvalue weighted by Gasteiger charge is 2.30. The maximum absolute atomic E-state index is 13.1. The standard InChI is InChI=1S/C89H150O17P2/c1-5-9-13-17-21-25-29-33-37-39-41-43-47-51-55-59-63-67-71-75-88(93)105-84(79-99-86(91)73-69-65-61-57-53-49-45-35-31-27-23-19-15-11-7-3)81-103-107(95,96)101-77-83(90)78-102-108(97,98)104-82-85(80-100-87(92)74-70-66-62-58-54-50-46-36-32-28-24-20-16-12-8-4)106-89(94)76-72-68-64-60-56-52-48-44-42-40-38-34-30-26-22-18-14-10-6-2/h21-22,25-26,33-38,41-46,51-52,55-56,63-64,67-68,83-85,90H,5-20,23-24,27-32,39-40,47-50,53-54,57-62,65-66,69-82H2,1-4H3,(H,95,96)(H,97,98)/b25-21-,26-22-,37-33-,38-34-,43-41-,44-42-,45-35-,46-36-,55-51-,56-52-,67-63-,68-64-/t84-,85-/m1/s1. The summed E-state index contributed by atoms with van der Waals surface area (Å²) in [5, 5.41) is 10.7. The first kappa shape index (κ1) is 103. The van der Waals surface area contributed by atoms with Gasteiger partial charge in [-0.2, -0.15) is 0 Å². The molecule has 4 atom stereocenters. The quantitative estimate of drug-likeness (QED) is 0.0169. The van der Waals surface area contributed by atoms with Gasteiger partial charge >= 0.3 is 39.5 Å². The summed E-state index contributed by atoms with van der Waals surface area (Å²) < 4.78 is 68.5. The van der Waals surface area contributed by atoms with Gasteiger partial charge in [-0.15, -0.1) is 0 Å². The molecule has 0 fully saturated rings. The number of unbranched alkanes of at least 4 members (excludes halogenated alkanes) is 28. The van der Waals surface area contributed by atoms with E-state index in [0.717, 1.165) is 128 Å². The van der Waals surface area contributed by atoms with Crippen molar-refractivity contribution >= 4 is 39.5 Å². The Bertz CT molecular complexity index is 2440. The Kier molecular flexibility index (Phi) is 76.3. The van der Waals surface area contributed by atoms with Crippen molar-refractivity contribution in [3.8, 4) is 0 Å². The summed E-state index contributed by atoms with van der Waals surface area (Å²) in [6, 6.07) is 0. The molecule has 0 amide bonds. The molecule has 0 saturated heterocycles. The van der Waals surface area contributed by atoms with Crippen molar-refractivity contribution in [1.29, 1.82) is 0 Å². The molecule has 0 bridgehead atoms. The third kappa shape index (κ3) is 79.0. The molecule has 0 aliphatic rings. The van der Waals surface area contributed by atoms with Crippen molar-refractivity contribution in [2.75, 3.05) is 39.6 Å². The molecule has 618 valence electrons. The summed E-state index contributed by atoms with van der Waals surface area (Å²) >= 11 is 0. The molecule has 0 aromatic rings. The fourth-order valence-corrected chi connectivity index (χ4v) is 12.4. The van der Waals surface area contributed by atoms with E-state index in [4.69, 9.17) is 37.0 Å². The van der Waals surface area contributed by atoms with Crippen LogP contribution in [0, 0.1) is 0 Å². The van der Waals surface area contributed by atoms with Crippen molar-refractivity contribution in [1.82, 2.24) is 0 Å². The van der Waals surface area contributed by atoms with Crippen LogP contribution in [0.4, 0.5) is 0 Å². The minimum absolute atomic E-state index is 0.0353. The van der Waals surface area contributed by atoms with Crippen LogP contribution < -0.4 is 0 Å². The molecule has 3 N–H and O–H groups in total. The Labute approximate surface area is 656 Å². The Balaban J connectivity index is 5.53. The molecule has 0 spiro atoms. The first-order valence-electron chi connectivity index (χ1n) is 42.1. The van der Waals surface area contributed by atoms with Crippen LogP contribution in [0.15, 0.2) is 146 Å². The van der Waals surface area contributed by atoms with E-state index in [1.165, 1.54) is 116 Å². The zero-order valence-electron chi connectivity index (χ0n) is 67.7. The second-order valence-electron chi connectivity index (χ2n) is 27.7. The fourth-order valence-electron chi connectivity index (χ4n) is 10.8. The second-order valence-corrected chi connectivity index (χ2v) is 30.6. The van der Waals surface area contributed by atoms with Gasteiger partial charge in [0.05, 0.1) is 26.4 Å². The van der Waals surface area contributed by atoms with Gasteiger partial charge in [0.25, 0.3) is 0 Å². The fraction of sp³-hybridized carbons (Fsp3) is 0.685. The number of esters is 4. The molecule has 0 saturated carbocycles. The summed E-state index contributed by atoms with van der Waals surface area (Å²) in [4.78, 5) is 73.1. The van der Waals surface area contributed by atoms with E-state index in [1.807, 2.05) is 36.5 Å². The van der Waals surface area contributed by atoms with Gasteiger partial charge in [0.1, 0.15) is 19.3 Å². The zero-order chi connectivity index (χ0) is 78.9. The number of allylic oxidation sites excluding steroid dienone is 24. The maximum Gasteiger partial charge on any atom is 0.472 e. The van der Waals surface area contributed by atoms with Gasteiger partial charge in [0.2, 0.25) is 0 Å². The lowest BCUT2D eigenvalue weighted by atomic mass is 10.1. The van der Waals surface area contributed by atoms with Crippen LogP contribution >= 0.6 is 15.6 Å². The first-order valence-corrected chi connectivity index (χ1v) is 45.1. The SMILES string of the molecule is CCCCC/C=C\C/C=C\C/C=C\C/C=C\C/C=C\CCC(=O)O[C@H](COC(=O)CCCCCCC/C=C\CCCCCCCC)COP(=O)(O)OCC(O)COP(=O)(O)OC[C@@H](COC(=O)CCCCCCC/C=C\CCCCCCCC)OC(=O)CC/C=C\C/C=C\C/C=C\C/C=C\C/C=C\CCCCC. The molecule has 0 aliphatic heterocycles. The van der Waals surface area contributed by atoms with Crippen LogP contribution in [-0.4, -0.2) is 96.7 Å². The normalized spacial score (nSPS) is 14.5. The lowest BCUT2D eigenvalue weighted by Gasteiger charge is -2.21. The van der Waals surface area contributed by atoms with E-state index >= 15 is 0 Å². The molecule has 0 aromatic carbocycles. The van der Waals surface area contributed by atoms with E-state index in [0.29, 0.717) is 38.5 Å². The Hall–Kier alpha value is -5.06. The monoisotopic (exact) mass is 1550 g/mol. The summed E-state index contributed by atoms with van der Waals surface area (Å²) in [5.41, 5.74) is 0. The second kappa shape index (κ2) is 80.0. The van der Waals surface area contributed by atoms with Crippen molar-refractivity contribution in [3.63, 3.8) is 0 Å². The Morgan fingerprint density at radius 1 is 0.259 bits per heavy atom. The largest absolute Gasteiger partial charge is 0.472 e. The van der Waals surface area contributed by atoms with Gasteiger partial charge in [-0.25, -0.2) is 9.13 Å². The molecule has 2 unspecified atom stereocenters. The average molecular weight is 1550 g/mol. The van der Waals surface area contributed by atoms with Gasteiger partial charge in [-0.1, -0.05) is 302 Å². The van der Waals surface area contributed by atoms with Gasteiger partial charge < -0.3 is 33.8 Å². The number of phosphoric acid groups is 2. The number of hydrogen-bond acceptors (Lipinski definition) is 15. The molecular formula is C89H150O17P2. The number of phosphoric ester groups is 2. The van der Waals surface area contributed by atoms with E-state index in [-0.39, 0.29) is 25.7 Å². The third-order valence-corrected chi connectivity index (χ3v) is 19.2. The highest BCUT2D eigenvalue weighted by Crippen LogP contribution is 2.45. The van der Waals surface area contributed by atoms with Gasteiger partial charge in [0.15, 0.2) is 12.2 Å². The average Bonchev–Trinajstić information content (AvgIpc) is 0.907. The predicted octanol–water partition coefficient (Wildman–Crippen LogP) is 25.0. The number of hydrogen-bond donors (Lipinski definition) is 3. The molecule has 0 radical (unpaired) electrons. The topological polar surface area (TPSA) is 237 Å². The maximum atomic E-state index is 13.1. The third-order valence-electron chi connectivity index (χ3n) is 17.3. The zero-order valence-corrected chi connectivity index (χ0v) is 69.5. The number of rotatable bonds is 78. The minimum Gasteiger partial charge on any atom is -0.462 e. The lowest BCUT2D eigenvalue weighted by Crippen LogP contribution is -2.30. The van der Waals surface area contributed by atoms with E-state index in [9.17, 15) is 43.2 Å². The van der Waals surface area contributed by atoms with Gasteiger partial charge in [0, 0.05) is 25.7 Å². The molecule has 0 rings (SSSR count). The highest BCUT2D eigenvalue weighted by molar-refractivity contribution is 7.47. The molecule has 108 heavy (non-hydrogen) atoms. The summed E-state index contributed by atoms with van der Waals surface area (Å²) in [7, 11) is -10.0. The van der Waals surface area contributed by atoms with Gasteiger partial charge in [-0.3, -0.25) is 37.3 Å². The van der Waals surface area contributed by atoms with Crippen molar-refractivity contribution in [2.24, 2.45) is 0 Å². The van der Waals surface area contributed by atoms with Crippen molar-refractivity contribution < 1.29 is 80.2 Å². The van der Waals surface area contributed by atoms with Crippen LogP contribution in [0.1, 0.15) is 336 Å². The van der Waals surface area contributed by atoms with E-state index in [2.05, 4.69) is 137 Å². The number of carbonyl (C=O) groups is 4. The van der Waals surface area contributed by atoms with E-state index in [1.54, 1.807) is 0 Å². The van der Waals surface area contributed by atoms with Crippen LogP contribution in [0.2, 0.25) is 0 Å². The Morgan fingerprint density at radius 2 is 0.472 bits per heavy atom. The van der Waals surface area contributed by atoms with E-state index < -0.39 is 97.5 Å². The van der Waals surface area contributed by atoms with Crippen LogP contribution in [0.25, 0.3) is 0 Å². The molecule has 19 heteroatoms. The highest BCUT2D eigenvalue weighted by atomic mass is 31.2. The summed E-state index contributed by atoms with van der Waals surface area (Å²) in [6.45, 7) is 4.64. The Morgan fingerprint density at radius 3 is 0.759 bits per heavy atom. The first-order chi connectivity index (χ1) is 52.7. The lowest BCUT2D eigenvalue weighted by molar-refractivity contribution is -0.161. The predicted molar refractivity (Wildman–Crippen MR) is 445 cm³/mol. The van der Waals surface area contributed by atoms with Crippen LogP contribution in [0.3, 0.4) is 0 Å². The smallest absolute Gasteiger partial charge is 0.462 e. The minimum atomic E-state index is -5.01.